The van der Waals surface area contributed by atoms with Crippen LogP contribution in [0, 0.1) is 5.92 Å². The van der Waals surface area contributed by atoms with Gasteiger partial charge in [0.1, 0.15) is 5.75 Å². The van der Waals surface area contributed by atoms with Gasteiger partial charge in [-0.3, -0.25) is 9.59 Å². The maximum Gasteiger partial charge on any atom is 0.225 e. The van der Waals surface area contributed by atoms with Gasteiger partial charge in [-0.05, 0) is 50.4 Å². The third-order valence-corrected chi connectivity index (χ3v) is 5.74. The molecule has 2 amide bonds. The van der Waals surface area contributed by atoms with E-state index in [1.165, 1.54) is 0 Å². The average molecular weight is 359 g/mol. The molecule has 0 aliphatic carbocycles. The Balaban J connectivity index is 1.80. The van der Waals surface area contributed by atoms with E-state index in [4.69, 9.17) is 4.74 Å². The quantitative estimate of drug-likeness (QED) is 0.861. The second kappa shape index (κ2) is 8.08. The van der Waals surface area contributed by atoms with Gasteiger partial charge in [0.2, 0.25) is 11.8 Å². The predicted octanol–water partition coefficient (Wildman–Crippen LogP) is 1.86. The number of hydrogen-bond donors (Lipinski definition) is 2. The fraction of sp³-hybridized carbons (Fsp3) is 0.600. The van der Waals surface area contributed by atoms with Crippen LogP contribution >= 0.6 is 0 Å². The molecule has 0 aromatic heterocycles. The topological polar surface area (TPSA) is 70.7 Å². The maximum atomic E-state index is 13.1. The van der Waals surface area contributed by atoms with Crippen molar-refractivity contribution < 1.29 is 14.3 Å². The van der Waals surface area contributed by atoms with Gasteiger partial charge in [0.15, 0.2) is 0 Å². The highest BCUT2D eigenvalue weighted by molar-refractivity contribution is 5.85. The second-order valence-corrected chi connectivity index (χ2v) is 7.37. The van der Waals surface area contributed by atoms with E-state index in [2.05, 4.69) is 17.6 Å². The number of carbonyl (C=O) groups excluding carboxylic acids is 2. The largest absolute Gasteiger partial charge is 0.497 e. The molecule has 6 nitrogen and oxygen atoms in total. The monoisotopic (exact) mass is 359 g/mol. The summed E-state index contributed by atoms with van der Waals surface area (Å²) in [5, 5.41) is 6.65. The Hall–Kier alpha value is -2.08. The first kappa shape index (κ1) is 18.7. The summed E-state index contributed by atoms with van der Waals surface area (Å²) in [6.45, 7) is 3.12. The highest BCUT2D eigenvalue weighted by atomic mass is 16.5. The Morgan fingerprint density at radius 2 is 2.00 bits per heavy atom. The van der Waals surface area contributed by atoms with Crippen molar-refractivity contribution in [2.45, 2.75) is 50.7 Å². The molecule has 2 saturated heterocycles. The number of benzene rings is 1. The fourth-order valence-corrected chi connectivity index (χ4v) is 4.10. The summed E-state index contributed by atoms with van der Waals surface area (Å²) in [5.74, 6) is 0.662. The lowest BCUT2D eigenvalue weighted by Gasteiger charge is -2.40. The molecule has 4 unspecified atom stereocenters. The molecule has 0 saturated carbocycles. The molecule has 142 valence electrons. The summed E-state index contributed by atoms with van der Waals surface area (Å²) < 4.78 is 5.22. The predicted molar refractivity (Wildman–Crippen MR) is 99.9 cm³/mol. The number of hydrogen-bond acceptors (Lipinski definition) is 4. The third-order valence-electron chi connectivity index (χ3n) is 5.74. The molecule has 6 heteroatoms. The number of carbonyl (C=O) groups is 2. The van der Waals surface area contributed by atoms with Gasteiger partial charge in [-0.15, -0.1) is 0 Å². The molecule has 2 aliphatic heterocycles. The van der Waals surface area contributed by atoms with Crippen molar-refractivity contribution in [3.8, 4) is 5.75 Å². The first-order valence-electron chi connectivity index (χ1n) is 9.44. The minimum Gasteiger partial charge on any atom is -0.497 e. The van der Waals surface area contributed by atoms with Gasteiger partial charge in [-0.25, -0.2) is 0 Å². The van der Waals surface area contributed by atoms with Crippen molar-refractivity contribution in [3.63, 3.8) is 0 Å². The smallest absolute Gasteiger partial charge is 0.225 e. The number of nitrogens with one attached hydrogen (secondary N) is 2. The van der Waals surface area contributed by atoms with Crippen molar-refractivity contribution in [1.29, 1.82) is 0 Å². The van der Waals surface area contributed by atoms with E-state index < -0.39 is 0 Å². The van der Waals surface area contributed by atoms with Gasteiger partial charge in [0, 0.05) is 25.6 Å². The van der Waals surface area contributed by atoms with Gasteiger partial charge in [0.25, 0.3) is 0 Å². The Bertz CT molecular complexity index is 646. The Labute approximate surface area is 155 Å². The van der Waals surface area contributed by atoms with Gasteiger partial charge < -0.3 is 20.3 Å². The lowest BCUT2D eigenvalue weighted by Crippen LogP contribution is -2.55. The lowest BCUT2D eigenvalue weighted by molar-refractivity contribution is -0.142. The van der Waals surface area contributed by atoms with E-state index >= 15 is 0 Å². The molecular weight excluding hydrogens is 330 g/mol. The van der Waals surface area contributed by atoms with E-state index in [-0.39, 0.29) is 35.9 Å². The molecule has 1 aromatic rings. The molecule has 2 heterocycles. The number of methoxy groups -OCH3 is 1. The molecular formula is C20H29N3O3. The molecule has 0 radical (unpaired) electrons. The van der Waals surface area contributed by atoms with Crippen molar-refractivity contribution in [3.05, 3.63) is 29.8 Å². The van der Waals surface area contributed by atoms with E-state index in [0.29, 0.717) is 12.8 Å². The summed E-state index contributed by atoms with van der Waals surface area (Å²) in [6.07, 6.45) is 3.06. The average Bonchev–Trinajstić information content (AvgIpc) is 2.65. The zero-order valence-electron chi connectivity index (χ0n) is 15.8. The fourth-order valence-electron chi connectivity index (χ4n) is 4.10. The van der Waals surface area contributed by atoms with Crippen LogP contribution in [-0.4, -0.2) is 49.5 Å². The molecule has 3 rings (SSSR count). The first-order valence-corrected chi connectivity index (χ1v) is 9.44. The van der Waals surface area contributed by atoms with E-state index in [1.54, 1.807) is 19.1 Å². The van der Waals surface area contributed by atoms with Crippen LogP contribution in [0.1, 0.15) is 44.2 Å². The van der Waals surface area contributed by atoms with Crippen LogP contribution < -0.4 is 15.4 Å². The van der Waals surface area contributed by atoms with E-state index in [9.17, 15) is 9.59 Å². The van der Waals surface area contributed by atoms with Crippen LogP contribution in [0.15, 0.2) is 24.3 Å². The third kappa shape index (κ3) is 3.85. The van der Waals surface area contributed by atoms with Crippen LogP contribution in [0.2, 0.25) is 0 Å². The van der Waals surface area contributed by atoms with Crippen molar-refractivity contribution >= 4 is 11.8 Å². The van der Waals surface area contributed by atoms with E-state index in [0.717, 1.165) is 30.7 Å². The summed E-state index contributed by atoms with van der Waals surface area (Å²) in [7, 11) is 3.42. The highest BCUT2D eigenvalue weighted by Gasteiger charge is 2.39. The molecule has 2 fully saturated rings. The number of likely N-dealkylation sites (tertiary alicyclic amines) is 1. The highest BCUT2D eigenvalue weighted by Crippen LogP contribution is 2.36. The molecule has 1 aromatic carbocycles. The maximum absolute atomic E-state index is 13.1. The number of ether oxygens (including phenoxy) is 1. The summed E-state index contributed by atoms with van der Waals surface area (Å²) in [6, 6.07) is 7.84. The Morgan fingerprint density at radius 1 is 1.27 bits per heavy atom. The Kier molecular flexibility index (Phi) is 5.81. The molecule has 26 heavy (non-hydrogen) atoms. The zero-order valence-corrected chi connectivity index (χ0v) is 15.8. The Morgan fingerprint density at radius 3 is 2.65 bits per heavy atom. The van der Waals surface area contributed by atoms with Gasteiger partial charge >= 0.3 is 0 Å². The van der Waals surface area contributed by atoms with Crippen LogP contribution in [0.4, 0.5) is 0 Å². The zero-order chi connectivity index (χ0) is 18.7. The summed E-state index contributed by atoms with van der Waals surface area (Å²) in [4.78, 5) is 27.1. The van der Waals surface area contributed by atoms with Crippen molar-refractivity contribution in [1.82, 2.24) is 15.5 Å². The summed E-state index contributed by atoms with van der Waals surface area (Å²) in [5.41, 5.74) is 0.969. The molecule has 2 aliphatic rings. The van der Waals surface area contributed by atoms with Crippen LogP contribution in [0.5, 0.6) is 5.75 Å². The molecule has 4 atom stereocenters. The van der Waals surface area contributed by atoms with Crippen LogP contribution in [-0.2, 0) is 9.59 Å². The number of rotatable bonds is 4. The number of nitrogens with zero attached hydrogens (tertiary/aromatic N) is 1. The second-order valence-electron chi connectivity index (χ2n) is 7.37. The van der Waals surface area contributed by atoms with Gasteiger partial charge in [-0.1, -0.05) is 12.1 Å². The van der Waals surface area contributed by atoms with Crippen molar-refractivity contribution in [2.75, 3.05) is 20.7 Å². The van der Waals surface area contributed by atoms with Crippen LogP contribution in [0.3, 0.4) is 0 Å². The minimum absolute atomic E-state index is 0.0470. The van der Waals surface area contributed by atoms with Gasteiger partial charge in [0.05, 0.1) is 19.1 Å². The minimum atomic E-state index is -0.242. The van der Waals surface area contributed by atoms with Crippen LogP contribution in [0.25, 0.3) is 0 Å². The summed E-state index contributed by atoms with van der Waals surface area (Å²) >= 11 is 0. The first-order chi connectivity index (χ1) is 12.5. The lowest BCUT2D eigenvalue weighted by atomic mass is 9.83. The molecule has 0 spiro atoms. The molecule has 2 N–H and O–H groups in total. The number of amides is 2. The van der Waals surface area contributed by atoms with Crippen molar-refractivity contribution in [2.24, 2.45) is 5.92 Å². The normalized spacial score (nSPS) is 29.3. The van der Waals surface area contributed by atoms with E-state index in [1.807, 2.05) is 24.3 Å². The van der Waals surface area contributed by atoms with Gasteiger partial charge in [-0.2, -0.15) is 0 Å². The SMILES string of the molecule is COc1ccc(C2C(C(=O)NC3CCCNC3C)CCC(=O)N2C)cc1. The number of piperidine rings is 2. The standard InChI is InChI=1S/C20H29N3O3/c1-13-17(5-4-12-21-13)22-20(25)16-10-11-18(24)23(2)19(16)14-6-8-15(26-3)9-7-14/h6-9,13,16-17,19,21H,4-5,10-12H2,1-3H3,(H,22,25). The molecule has 0 bridgehead atoms.